The van der Waals surface area contributed by atoms with Crippen molar-refractivity contribution >= 4 is 11.9 Å². The number of aryl methyl sites for hydroxylation is 1. The lowest BCUT2D eigenvalue weighted by Crippen LogP contribution is -1.91. The van der Waals surface area contributed by atoms with E-state index >= 15 is 0 Å². The van der Waals surface area contributed by atoms with E-state index in [2.05, 4.69) is 0 Å². The summed E-state index contributed by atoms with van der Waals surface area (Å²) in [7, 11) is 0. The largest absolute Gasteiger partial charge is 0.299 e. The molecule has 1 aromatic carbocycles. The highest BCUT2D eigenvalue weighted by molar-refractivity contribution is 5.80. The molecule has 0 aliphatic heterocycles. The Bertz CT molecular complexity index is 380. The summed E-state index contributed by atoms with van der Waals surface area (Å²) < 4.78 is 13.2. The lowest BCUT2D eigenvalue weighted by atomic mass is 10.1. The molecule has 0 radical (unpaired) electrons. The molecule has 0 saturated heterocycles. The number of allylic oxidation sites excluding steroid dienone is 1. The lowest BCUT2D eigenvalue weighted by Gasteiger charge is -1.98. The van der Waals surface area contributed by atoms with Crippen LogP contribution in [0.25, 0.3) is 6.08 Å². The number of carbonyl (C=O) groups is 1. The predicted molar refractivity (Wildman–Crippen MR) is 60.1 cm³/mol. The molecule has 15 heavy (non-hydrogen) atoms. The summed E-state index contributed by atoms with van der Waals surface area (Å²) in [5.74, 6) is -0.0832. The van der Waals surface area contributed by atoms with Crippen molar-refractivity contribution in [3.63, 3.8) is 0 Å². The van der Waals surface area contributed by atoms with Gasteiger partial charge in [0.2, 0.25) is 0 Å². The van der Waals surface area contributed by atoms with Gasteiger partial charge >= 0.3 is 0 Å². The molecule has 1 nitrogen and oxygen atoms in total. The Morgan fingerprint density at radius 1 is 1.47 bits per heavy atom. The Hall–Kier alpha value is -1.44. The van der Waals surface area contributed by atoms with Crippen molar-refractivity contribution in [2.75, 3.05) is 0 Å². The fourth-order valence-electron chi connectivity index (χ4n) is 1.25. The van der Waals surface area contributed by atoms with E-state index in [9.17, 15) is 9.18 Å². The first-order chi connectivity index (χ1) is 7.13. The molecule has 0 aromatic heterocycles. The van der Waals surface area contributed by atoms with E-state index in [1.54, 1.807) is 24.3 Å². The lowest BCUT2D eigenvalue weighted by molar-refractivity contribution is -0.117. The van der Waals surface area contributed by atoms with Crippen LogP contribution in [0.4, 0.5) is 4.39 Å². The number of hydrogen-bond donors (Lipinski definition) is 0. The maximum absolute atomic E-state index is 13.2. The van der Waals surface area contributed by atoms with Gasteiger partial charge in [0.05, 0.1) is 0 Å². The van der Waals surface area contributed by atoms with Gasteiger partial charge in [0.15, 0.2) is 0 Å². The van der Waals surface area contributed by atoms with Crippen LogP contribution in [0.1, 0.15) is 30.9 Å². The van der Waals surface area contributed by atoms with E-state index in [0.717, 1.165) is 5.56 Å². The summed E-state index contributed by atoms with van der Waals surface area (Å²) in [5.41, 5.74) is 1.55. The quantitative estimate of drug-likeness (QED) is 0.736. The zero-order valence-corrected chi connectivity index (χ0v) is 9.09. The average molecular weight is 206 g/mol. The van der Waals surface area contributed by atoms with E-state index in [4.69, 9.17) is 0 Å². The zero-order valence-electron chi connectivity index (χ0n) is 9.09. The van der Waals surface area contributed by atoms with Crippen LogP contribution in [0.3, 0.4) is 0 Å². The van der Waals surface area contributed by atoms with E-state index in [1.807, 2.05) is 13.8 Å². The fourth-order valence-corrected chi connectivity index (χ4v) is 1.25. The number of ketones is 1. The third-order valence-corrected chi connectivity index (χ3v) is 2.19. The third kappa shape index (κ3) is 3.66. The molecule has 2 heteroatoms. The normalized spacial score (nSPS) is 10.9. The van der Waals surface area contributed by atoms with E-state index in [0.29, 0.717) is 18.4 Å². The van der Waals surface area contributed by atoms with Crippen LogP contribution in [0, 0.1) is 12.7 Å². The molecule has 0 bridgehead atoms. The third-order valence-electron chi connectivity index (χ3n) is 2.19. The molecule has 80 valence electrons. The number of carbonyl (C=O) groups excluding carboxylic acids is 1. The molecule has 0 aliphatic rings. The molecular formula is C13H15FO. The van der Waals surface area contributed by atoms with Gasteiger partial charge in [0.1, 0.15) is 11.6 Å². The number of Topliss-reactive ketones (excluding diaryl/α,β-unsaturated/α-hetero) is 1. The van der Waals surface area contributed by atoms with Gasteiger partial charge < -0.3 is 0 Å². The van der Waals surface area contributed by atoms with Gasteiger partial charge in [-0.1, -0.05) is 30.7 Å². The van der Waals surface area contributed by atoms with Gasteiger partial charge in [-0.3, -0.25) is 4.79 Å². The van der Waals surface area contributed by atoms with Crippen molar-refractivity contribution in [3.8, 4) is 0 Å². The van der Waals surface area contributed by atoms with Crippen LogP contribution in [0.2, 0.25) is 0 Å². The van der Waals surface area contributed by atoms with Gasteiger partial charge in [-0.15, -0.1) is 0 Å². The highest BCUT2D eigenvalue weighted by atomic mass is 19.1. The molecule has 0 atom stereocenters. The summed E-state index contributed by atoms with van der Waals surface area (Å²) in [6, 6.07) is 4.93. The van der Waals surface area contributed by atoms with E-state index in [1.165, 1.54) is 6.07 Å². The smallest absolute Gasteiger partial charge is 0.136 e. The summed E-state index contributed by atoms with van der Waals surface area (Å²) in [5, 5.41) is 0. The Morgan fingerprint density at radius 2 is 2.20 bits per heavy atom. The molecule has 0 saturated carbocycles. The van der Waals surface area contributed by atoms with E-state index < -0.39 is 0 Å². The molecule has 1 aromatic rings. The van der Waals surface area contributed by atoms with Crippen molar-refractivity contribution in [3.05, 3.63) is 41.2 Å². The highest BCUT2D eigenvalue weighted by Crippen LogP contribution is 2.12. The highest BCUT2D eigenvalue weighted by Gasteiger charge is 1.98. The first-order valence-corrected chi connectivity index (χ1v) is 5.08. The molecule has 0 spiro atoms. The molecule has 0 heterocycles. The fraction of sp³-hybridized carbons (Fsp3) is 0.308. The van der Waals surface area contributed by atoms with Crippen molar-refractivity contribution in [2.24, 2.45) is 0 Å². The summed E-state index contributed by atoms with van der Waals surface area (Å²) >= 11 is 0. The Balaban J connectivity index is 2.71. The molecule has 0 N–H and O–H groups in total. The topological polar surface area (TPSA) is 17.1 Å². The predicted octanol–water partition coefficient (Wildman–Crippen LogP) is 3.52. The molecular weight excluding hydrogens is 191 g/mol. The van der Waals surface area contributed by atoms with Crippen molar-refractivity contribution < 1.29 is 9.18 Å². The zero-order chi connectivity index (χ0) is 11.3. The summed E-state index contributed by atoms with van der Waals surface area (Å²) in [4.78, 5) is 11.0. The minimum Gasteiger partial charge on any atom is -0.299 e. The van der Waals surface area contributed by atoms with Crippen LogP contribution >= 0.6 is 0 Å². The van der Waals surface area contributed by atoms with Crippen molar-refractivity contribution in [2.45, 2.75) is 26.7 Å². The standard InChI is InChI=1S/C13H15FO/c1-3-12(15)6-4-5-11-9-10(2)7-8-13(11)14/h4-5,7-9H,3,6H2,1-2H3/b5-4-. The first-order valence-electron chi connectivity index (χ1n) is 5.08. The Kier molecular flexibility index (Phi) is 4.22. The minimum absolute atomic E-state index is 0.166. The van der Waals surface area contributed by atoms with Gasteiger partial charge in [0.25, 0.3) is 0 Å². The molecule has 0 unspecified atom stereocenters. The van der Waals surface area contributed by atoms with Gasteiger partial charge in [-0.25, -0.2) is 4.39 Å². The second-order valence-corrected chi connectivity index (χ2v) is 3.52. The number of hydrogen-bond acceptors (Lipinski definition) is 1. The maximum atomic E-state index is 13.2. The SMILES string of the molecule is CCC(=O)C/C=C\c1cc(C)ccc1F. The molecule has 1 rings (SSSR count). The van der Waals surface area contributed by atoms with Crippen LogP contribution in [0.5, 0.6) is 0 Å². The van der Waals surface area contributed by atoms with Gasteiger partial charge in [-0.2, -0.15) is 0 Å². The van der Waals surface area contributed by atoms with Gasteiger partial charge in [-0.05, 0) is 19.1 Å². The second-order valence-electron chi connectivity index (χ2n) is 3.52. The van der Waals surface area contributed by atoms with Crippen molar-refractivity contribution in [1.29, 1.82) is 0 Å². The van der Waals surface area contributed by atoms with Crippen molar-refractivity contribution in [1.82, 2.24) is 0 Å². The Labute approximate surface area is 89.6 Å². The van der Waals surface area contributed by atoms with Gasteiger partial charge in [0, 0.05) is 18.4 Å². The summed E-state index contributed by atoms with van der Waals surface area (Å²) in [6.07, 6.45) is 4.28. The second kappa shape index (κ2) is 5.44. The molecule has 0 fully saturated rings. The molecule has 0 amide bonds. The van der Waals surface area contributed by atoms with Crippen LogP contribution in [0.15, 0.2) is 24.3 Å². The van der Waals surface area contributed by atoms with Crippen LogP contribution in [-0.2, 0) is 4.79 Å². The van der Waals surface area contributed by atoms with E-state index in [-0.39, 0.29) is 11.6 Å². The first kappa shape index (κ1) is 11.6. The number of rotatable bonds is 4. The molecule has 0 aliphatic carbocycles. The monoisotopic (exact) mass is 206 g/mol. The van der Waals surface area contributed by atoms with Crippen LogP contribution in [-0.4, -0.2) is 5.78 Å². The summed E-state index contributed by atoms with van der Waals surface area (Å²) in [6.45, 7) is 3.73. The number of halogens is 1. The maximum Gasteiger partial charge on any atom is 0.136 e. The van der Waals surface area contributed by atoms with Crippen LogP contribution < -0.4 is 0 Å². The Morgan fingerprint density at radius 3 is 2.87 bits per heavy atom. The minimum atomic E-state index is -0.249. The average Bonchev–Trinajstić information content (AvgIpc) is 2.23. The number of benzene rings is 1.